The molecule has 0 aliphatic heterocycles. The Bertz CT molecular complexity index is 629. The normalized spacial score (nSPS) is 9.91. The van der Waals surface area contributed by atoms with Crippen LogP contribution in [0.5, 0.6) is 0 Å². The predicted molar refractivity (Wildman–Crippen MR) is 91.9 cm³/mol. The zero-order valence-corrected chi connectivity index (χ0v) is 13.3. The molecule has 4 nitrogen and oxygen atoms in total. The van der Waals surface area contributed by atoms with Gasteiger partial charge in [0.15, 0.2) is 0 Å². The van der Waals surface area contributed by atoms with Crippen LogP contribution in [0, 0.1) is 11.8 Å². The van der Waals surface area contributed by atoms with Crippen LogP contribution >= 0.6 is 11.3 Å². The maximum Gasteiger partial charge on any atom is 0.320 e. The molecule has 1 aromatic heterocycles. The lowest BCUT2D eigenvalue weighted by Crippen LogP contribution is -2.28. The van der Waals surface area contributed by atoms with Crippen LogP contribution in [0.4, 0.5) is 9.80 Å². The van der Waals surface area contributed by atoms with Crippen molar-refractivity contribution in [1.82, 2.24) is 10.2 Å². The van der Waals surface area contributed by atoms with Crippen LogP contribution in [0.25, 0.3) is 0 Å². The molecule has 0 aliphatic rings. The van der Waals surface area contributed by atoms with E-state index in [2.05, 4.69) is 39.5 Å². The Morgan fingerprint density at radius 1 is 1.18 bits per heavy atom. The van der Waals surface area contributed by atoms with Crippen molar-refractivity contribution < 1.29 is 4.79 Å². The Kier molecular flexibility index (Phi) is 6.49. The van der Waals surface area contributed by atoms with E-state index in [4.69, 9.17) is 0 Å². The van der Waals surface area contributed by atoms with E-state index < -0.39 is 0 Å². The molecular weight excluding hydrogens is 294 g/mol. The highest BCUT2D eigenvalue weighted by Crippen LogP contribution is 2.14. The first-order valence-electron chi connectivity index (χ1n) is 7.00. The summed E-state index contributed by atoms with van der Waals surface area (Å²) >= 11 is 1.49. The van der Waals surface area contributed by atoms with E-state index in [0.717, 1.165) is 11.5 Å². The number of benzene rings is 1. The number of anilines is 1. The van der Waals surface area contributed by atoms with Gasteiger partial charge in [0, 0.05) is 6.54 Å². The largest absolute Gasteiger partial charge is 0.327 e. The average molecular weight is 313 g/mol. The molecule has 1 heterocycles. The number of nitrogens with one attached hydrogen (secondary N) is 2. The van der Waals surface area contributed by atoms with E-state index in [9.17, 15) is 4.79 Å². The van der Waals surface area contributed by atoms with E-state index in [0.29, 0.717) is 13.1 Å². The number of rotatable bonds is 5. The van der Waals surface area contributed by atoms with Gasteiger partial charge in [-0.25, -0.2) is 4.79 Å². The molecule has 2 rings (SSSR count). The minimum absolute atomic E-state index is 0.227. The quantitative estimate of drug-likeness (QED) is 0.834. The van der Waals surface area contributed by atoms with Crippen molar-refractivity contribution in [2.75, 3.05) is 25.5 Å². The number of hydrogen-bond acceptors (Lipinski definition) is 3. The second-order valence-corrected chi connectivity index (χ2v) is 5.74. The molecule has 2 amide bonds. The monoisotopic (exact) mass is 313 g/mol. The number of amides is 2. The molecule has 22 heavy (non-hydrogen) atoms. The number of carbonyl (C=O) groups excluding carboxylic acids is 1. The Morgan fingerprint density at radius 2 is 2.00 bits per heavy atom. The molecule has 2 aromatic rings. The molecule has 0 saturated heterocycles. The fourth-order valence-corrected chi connectivity index (χ4v) is 2.45. The number of hydrogen-bond donors (Lipinski definition) is 2. The van der Waals surface area contributed by atoms with E-state index >= 15 is 0 Å². The number of nitrogens with zero attached hydrogens (tertiary/aromatic N) is 1. The van der Waals surface area contributed by atoms with Crippen LogP contribution in [-0.2, 0) is 6.54 Å². The summed E-state index contributed by atoms with van der Waals surface area (Å²) in [4.78, 5) is 13.7. The van der Waals surface area contributed by atoms with Gasteiger partial charge in [0.05, 0.1) is 18.1 Å². The van der Waals surface area contributed by atoms with Gasteiger partial charge in [-0.2, -0.15) is 0 Å². The summed E-state index contributed by atoms with van der Waals surface area (Å²) in [5, 5.41) is 8.19. The van der Waals surface area contributed by atoms with E-state index in [1.165, 1.54) is 16.9 Å². The summed E-state index contributed by atoms with van der Waals surface area (Å²) in [7, 11) is 2.03. The van der Waals surface area contributed by atoms with Crippen molar-refractivity contribution in [3.05, 3.63) is 53.4 Å². The smallest absolute Gasteiger partial charge is 0.320 e. The van der Waals surface area contributed by atoms with E-state index in [1.807, 2.05) is 42.8 Å². The Hall–Kier alpha value is -2.29. The van der Waals surface area contributed by atoms with Gasteiger partial charge in [-0.05, 0) is 30.1 Å². The summed E-state index contributed by atoms with van der Waals surface area (Å²) in [6, 6.07) is 13.8. The van der Waals surface area contributed by atoms with Crippen molar-refractivity contribution in [1.29, 1.82) is 0 Å². The minimum atomic E-state index is -0.227. The lowest BCUT2D eigenvalue weighted by atomic mass is 10.2. The molecule has 0 unspecified atom stereocenters. The van der Waals surface area contributed by atoms with Crippen molar-refractivity contribution in [2.45, 2.75) is 6.54 Å². The third kappa shape index (κ3) is 6.00. The lowest BCUT2D eigenvalue weighted by molar-refractivity contribution is 0.253. The van der Waals surface area contributed by atoms with Gasteiger partial charge in [0.25, 0.3) is 0 Å². The van der Waals surface area contributed by atoms with Crippen molar-refractivity contribution in [3.63, 3.8) is 0 Å². The maximum absolute atomic E-state index is 11.6. The molecule has 1 aromatic carbocycles. The van der Waals surface area contributed by atoms with Gasteiger partial charge in [0.1, 0.15) is 0 Å². The fraction of sp³-hybridized carbons (Fsp3) is 0.235. The highest BCUT2D eigenvalue weighted by atomic mass is 32.1. The summed E-state index contributed by atoms with van der Waals surface area (Å²) in [5.41, 5.74) is 1.26. The Balaban J connectivity index is 1.63. The molecule has 2 N–H and O–H groups in total. The van der Waals surface area contributed by atoms with Gasteiger partial charge in [0.2, 0.25) is 0 Å². The van der Waals surface area contributed by atoms with Gasteiger partial charge in [-0.3, -0.25) is 10.2 Å². The van der Waals surface area contributed by atoms with Crippen LogP contribution in [0.3, 0.4) is 0 Å². The van der Waals surface area contributed by atoms with Crippen molar-refractivity contribution in [2.24, 2.45) is 0 Å². The van der Waals surface area contributed by atoms with Crippen LogP contribution in [0.1, 0.15) is 5.56 Å². The molecule has 5 heteroatoms. The van der Waals surface area contributed by atoms with Gasteiger partial charge in [-0.1, -0.05) is 42.2 Å². The summed E-state index contributed by atoms with van der Waals surface area (Å²) < 4.78 is 0. The van der Waals surface area contributed by atoms with Crippen LogP contribution in [0.2, 0.25) is 0 Å². The first kappa shape index (κ1) is 16.1. The van der Waals surface area contributed by atoms with Crippen LogP contribution in [0.15, 0.2) is 47.8 Å². The average Bonchev–Trinajstić information content (AvgIpc) is 3.00. The molecule has 0 radical (unpaired) electrons. The standard InChI is InChI=1S/C17H19N3OS/c1-20(14-15-8-3-2-4-9-15)12-6-5-11-18-17(21)19-16-10-7-13-22-16/h2-4,7-10,13H,11-12,14H2,1H3,(H2,18,19,21). The van der Waals surface area contributed by atoms with Crippen molar-refractivity contribution in [3.8, 4) is 11.8 Å². The Labute approximate surface area is 135 Å². The van der Waals surface area contributed by atoms with E-state index in [-0.39, 0.29) is 6.03 Å². The van der Waals surface area contributed by atoms with Gasteiger partial charge in [-0.15, -0.1) is 11.3 Å². The number of thiophene rings is 1. The highest BCUT2D eigenvalue weighted by Gasteiger charge is 1.99. The second-order valence-electron chi connectivity index (χ2n) is 4.80. The number of carbonyl (C=O) groups is 1. The molecule has 0 fully saturated rings. The minimum Gasteiger partial charge on any atom is -0.327 e. The summed E-state index contributed by atoms with van der Waals surface area (Å²) in [5.74, 6) is 6.01. The Morgan fingerprint density at radius 3 is 2.73 bits per heavy atom. The summed E-state index contributed by atoms with van der Waals surface area (Å²) in [6.45, 7) is 1.88. The molecular formula is C17H19N3OS. The van der Waals surface area contributed by atoms with Crippen molar-refractivity contribution >= 4 is 22.4 Å². The zero-order valence-electron chi connectivity index (χ0n) is 12.5. The molecule has 0 saturated carbocycles. The topological polar surface area (TPSA) is 44.4 Å². The third-order valence-corrected chi connectivity index (χ3v) is 3.65. The van der Waals surface area contributed by atoms with Crippen LogP contribution in [-0.4, -0.2) is 31.1 Å². The third-order valence-electron chi connectivity index (χ3n) is 2.86. The lowest BCUT2D eigenvalue weighted by Gasteiger charge is -2.12. The molecule has 0 aliphatic carbocycles. The first-order chi connectivity index (χ1) is 10.7. The first-order valence-corrected chi connectivity index (χ1v) is 7.88. The molecule has 114 valence electrons. The number of urea groups is 1. The zero-order chi connectivity index (χ0) is 15.6. The molecule has 0 spiro atoms. The predicted octanol–water partition coefficient (Wildman–Crippen LogP) is 3.01. The molecule has 0 bridgehead atoms. The van der Waals surface area contributed by atoms with E-state index in [1.54, 1.807) is 0 Å². The second kappa shape index (κ2) is 8.88. The fourth-order valence-electron chi connectivity index (χ4n) is 1.83. The molecule has 0 atom stereocenters. The highest BCUT2D eigenvalue weighted by molar-refractivity contribution is 7.14. The summed E-state index contributed by atoms with van der Waals surface area (Å²) in [6.07, 6.45) is 0. The SMILES string of the molecule is CN(CC#CCNC(=O)Nc1cccs1)Cc1ccccc1. The maximum atomic E-state index is 11.6. The van der Waals surface area contributed by atoms with Gasteiger partial charge < -0.3 is 5.32 Å². The van der Waals surface area contributed by atoms with Crippen LogP contribution < -0.4 is 10.6 Å². The van der Waals surface area contributed by atoms with Gasteiger partial charge >= 0.3 is 6.03 Å².